The Balaban J connectivity index is 2.04. The summed E-state index contributed by atoms with van der Waals surface area (Å²) in [5.41, 5.74) is 0.943. The second-order valence-electron chi connectivity index (χ2n) is 5.08. The smallest absolute Gasteiger partial charge is 0.307 e. The Morgan fingerprint density at radius 3 is 2.73 bits per heavy atom. The summed E-state index contributed by atoms with van der Waals surface area (Å²) in [6.45, 7) is 2.96. The molecule has 6 heteroatoms. The summed E-state index contributed by atoms with van der Waals surface area (Å²) in [7, 11) is 1.35. The van der Waals surface area contributed by atoms with E-state index in [9.17, 15) is 9.59 Å². The molecule has 0 N–H and O–H groups in total. The Labute approximate surface area is 129 Å². The number of benzene rings is 1. The Bertz CT molecular complexity index is 543. The standard InChI is InChI=1S/C16H21NO5/c1-3-4-15(18)17(8-7-16(19)20-2)10-12-5-6-13-14(9-12)22-11-21-13/h5-6,9H,3-4,7-8,10-11H2,1-2H3. The zero-order chi connectivity index (χ0) is 15.9. The number of carbonyl (C=O) groups is 2. The molecule has 0 saturated heterocycles. The first-order chi connectivity index (χ1) is 10.6. The number of fused-ring (bicyclic) bond motifs is 1. The average Bonchev–Trinajstić information content (AvgIpc) is 2.98. The van der Waals surface area contributed by atoms with Crippen molar-refractivity contribution < 1.29 is 23.8 Å². The highest BCUT2D eigenvalue weighted by molar-refractivity contribution is 5.77. The van der Waals surface area contributed by atoms with Gasteiger partial charge in [-0.05, 0) is 24.1 Å². The number of carbonyl (C=O) groups excluding carboxylic acids is 2. The molecule has 1 aliphatic rings. The van der Waals surface area contributed by atoms with Crippen molar-refractivity contribution in [1.82, 2.24) is 4.90 Å². The van der Waals surface area contributed by atoms with Crippen molar-refractivity contribution in [2.45, 2.75) is 32.7 Å². The topological polar surface area (TPSA) is 65.1 Å². The summed E-state index contributed by atoms with van der Waals surface area (Å²) >= 11 is 0. The monoisotopic (exact) mass is 307 g/mol. The molecule has 120 valence electrons. The van der Waals surface area contributed by atoms with E-state index in [1.54, 1.807) is 4.90 Å². The highest BCUT2D eigenvalue weighted by atomic mass is 16.7. The van der Waals surface area contributed by atoms with E-state index < -0.39 is 0 Å². The van der Waals surface area contributed by atoms with Crippen LogP contribution in [0, 0.1) is 0 Å². The van der Waals surface area contributed by atoms with Crippen LogP contribution in [0.2, 0.25) is 0 Å². The average molecular weight is 307 g/mol. The second kappa shape index (κ2) is 7.68. The van der Waals surface area contributed by atoms with Gasteiger partial charge in [-0.1, -0.05) is 13.0 Å². The van der Waals surface area contributed by atoms with Gasteiger partial charge in [0.25, 0.3) is 0 Å². The third-order valence-corrected chi connectivity index (χ3v) is 3.44. The fourth-order valence-corrected chi connectivity index (χ4v) is 2.25. The zero-order valence-electron chi connectivity index (χ0n) is 13.0. The van der Waals surface area contributed by atoms with Crippen LogP contribution in [0.25, 0.3) is 0 Å². The van der Waals surface area contributed by atoms with Gasteiger partial charge in [-0.25, -0.2) is 0 Å². The lowest BCUT2D eigenvalue weighted by Crippen LogP contribution is -2.32. The quantitative estimate of drug-likeness (QED) is 0.722. The summed E-state index contributed by atoms with van der Waals surface area (Å²) in [5, 5.41) is 0. The molecule has 0 aromatic heterocycles. The molecule has 1 aliphatic heterocycles. The van der Waals surface area contributed by atoms with Gasteiger partial charge < -0.3 is 19.1 Å². The number of rotatable bonds is 7. The maximum absolute atomic E-state index is 12.2. The summed E-state index contributed by atoms with van der Waals surface area (Å²) < 4.78 is 15.3. The van der Waals surface area contributed by atoms with Gasteiger partial charge in [-0.2, -0.15) is 0 Å². The molecule has 0 aliphatic carbocycles. The van der Waals surface area contributed by atoms with E-state index in [1.807, 2.05) is 25.1 Å². The number of nitrogens with zero attached hydrogens (tertiary/aromatic N) is 1. The van der Waals surface area contributed by atoms with Crippen molar-refractivity contribution in [2.24, 2.45) is 0 Å². The molecule has 6 nitrogen and oxygen atoms in total. The number of hydrogen-bond acceptors (Lipinski definition) is 5. The second-order valence-corrected chi connectivity index (χ2v) is 5.08. The van der Waals surface area contributed by atoms with Crippen molar-refractivity contribution in [3.05, 3.63) is 23.8 Å². The van der Waals surface area contributed by atoms with Crippen molar-refractivity contribution in [1.29, 1.82) is 0 Å². The third kappa shape index (κ3) is 4.13. The predicted octanol–water partition coefficient (Wildman–Crippen LogP) is 2.11. The molecule has 0 atom stereocenters. The minimum Gasteiger partial charge on any atom is -0.469 e. The number of esters is 1. The van der Waals surface area contributed by atoms with Crippen LogP contribution in [0.3, 0.4) is 0 Å². The summed E-state index contributed by atoms with van der Waals surface area (Å²) in [4.78, 5) is 25.2. The molecule has 0 saturated carbocycles. The Kier molecular flexibility index (Phi) is 5.63. The first-order valence-corrected chi connectivity index (χ1v) is 7.37. The largest absolute Gasteiger partial charge is 0.469 e. The van der Waals surface area contributed by atoms with E-state index in [-0.39, 0.29) is 25.1 Å². The maximum Gasteiger partial charge on any atom is 0.307 e. The van der Waals surface area contributed by atoms with Crippen molar-refractivity contribution in [3.8, 4) is 11.5 Å². The first-order valence-electron chi connectivity index (χ1n) is 7.37. The van der Waals surface area contributed by atoms with E-state index in [0.717, 1.165) is 12.0 Å². The number of methoxy groups -OCH3 is 1. The van der Waals surface area contributed by atoms with Crippen LogP contribution in [0.1, 0.15) is 31.7 Å². The molecule has 1 aromatic rings. The number of amides is 1. The first kappa shape index (κ1) is 16.1. The van der Waals surface area contributed by atoms with Gasteiger partial charge in [-0.15, -0.1) is 0 Å². The molecule has 22 heavy (non-hydrogen) atoms. The van der Waals surface area contributed by atoms with Crippen molar-refractivity contribution in [2.75, 3.05) is 20.4 Å². The van der Waals surface area contributed by atoms with Gasteiger partial charge in [0, 0.05) is 19.5 Å². The van der Waals surface area contributed by atoms with Crippen LogP contribution in [-0.2, 0) is 20.9 Å². The van der Waals surface area contributed by atoms with Crippen LogP contribution in [0.15, 0.2) is 18.2 Å². The van der Waals surface area contributed by atoms with Crippen LogP contribution in [-0.4, -0.2) is 37.2 Å². The molecule has 1 amide bonds. The van der Waals surface area contributed by atoms with E-state index in [1.165, 1.54) is 7.11 Å². The summed E-state index contributed by atoms with van der Waals surface area (Å²) in [6, 6.07) is 5.60. The molecule has 0 unspecified atom stereocenters. The normalized spacial score (nSPS) is 12.1. The van der Waals surface area contributed by atoms with E-state index in [0.29, 0.717) is 31.0 Å². The molecular formula is C16H21NO5. The van der Waals surface area contributed by atoms with Crippen LogP contribution >= 0.6 is 0 Å². The molecule has 0 bridgehead atoms. The molecule has 1 aromatic carbocycles. The van der Waals surface area contributed by atoms with Gasteiger partial charge >= 0.3 is 5.97 Å². The molecule has 2 rings (SSSR count). The summed E-state index contributed by atoms with van der Waals surface area (Å²) in [6.07, 6.45) is 1.43. The SMILES string of the molecule is CCCC(=O)N(CCC(=O)OC)Cc1ccc2c(c1)OCO2. The molecule has 0 fully saturated rings. The van der Waals surface area contributed by atoms with Gasteiger partial charge in [0.1, 0.15) is 0 Å². The highest BCUT2D eigenvalue weighted by Gasteiger charge is 2.18. The van der Waals surface area contributed by atoms with Crippen LogP contribution < -0.4 is 9.47 Å². The fraction of sp³-hybridized carbons (Fsp3) is 0.500. The lowest BCUT2D eigenvalue weighted by molar-refractivity contribution is -0.142. The summed E-state index contributed by atoms with van der Waals surface area (Å²) in [5.74, 6) is 1.11. The minimum atomic E-state index is -0.319. The Hall–Kier alpha value is -2.24. The Morgan fingerprint density at radius 2 is 2.00 bits per heavy atom. The van der Waals surface area contributed by atoms with E-state index >= 15 is 0 Å². The lowest BCUT2D eigenvalue weighted by Gasteiger charge is -2.22. The number of hydrogen-bond donors (Lipinski definition) is 0. The van der Waals surface area contributed by atoms with Gasteiger partial charge in [0.15, 0.2) is 11.5 Å². The van der Waals surface area contributed by atoms with E-state index in [4.69, 9.17) is 9.47 Å². The predicted molar refractivity (Wildman–Crippen MR) is 79.5 cm³/mol. The maximum atomic E-state index is 12.2. The van der Waals surface area contributed by atoms with Crippen molar-refractivity contribution >= 4 is 11.9 Å². The van der Waals surface area contributed by atoms with E-state index in [2.05, 4.69) is 4.74 Å². The zero-order valence-corrected chi connectivity index (χ0v) is 13.0. The van der Waals surface area contributed by atoms with Crippen molar-refractivity contribution in [3.63, 3.8) is 0 Å². The fourth-order valence-electron chi connectivity index (χ4n) is 2.25. The molecule has 0 spiro atoms. The molecular weight excluding hydrogens is 286 g/mol. The molecule has 0 radical (unpaired) electrons. The van der Waals surface area contributed by atoms with Crippen LogP contribution in [0.4, 0.5) is 0 Å². The van der Waals surface area contributed by atoms with Gasteiger partial charge in [-0.3, -0.25) is 9.59 Å². The highest BCUT2D eigenvalue weighted by Crippen LogP contribution is 2.32. The van der Waals surface area contributed by atoms with Crippen LogP contribution in [0.5, 0.6) is 11.5 Å². The Morgan fingerprint density at radius 1 is 1.23 bits per heavy atom. The minimum absolute atomic E-state index is 0.0315. The third-order valence-electron chi connectivity index (χ3n) is 3.44. The molecule has 1 heterocycles. The lowest BCUT2D eigenvalue weighted by atomic mass is 10.1. The van der Waals surface area contributed by atoms with Gasteiger partial charge in [0.2, 0.25) is 12.7 Å². The number of ether oxygens (including phenoxy) is 3. The van der Waals surface area contributed by atoms with Gasteiger partial charge in [0.05, 0.1) is 13.5 Å².